The number of hydrogen-bond donors (Lipinski definition) is 0. The molecule has 2 aromatic carbocycles. The molecule has 7 nitrogen and oxygen atoms in total. The number of rotatable bonds is 5. The molecular weight excluding hydrogens is 344 g/mol. The number of carbonyl (C=O) groups excluding carboxylic acids is 1. The minimum Gasteiger partial charge on any atom is -0.329 e. The van der Waals surface area contributed by atoms with Gasteiger partial charge in [0.2, 0.25) is 0 Å². The van der Waals surface area contributed by atoms with Crippen molar-refractivity contribution in [2.75, 3.05) is 5.01 Å². The molecule has 0 saturated carbocycles. The van der Waals surface area contributed by atoms with E-state index in [0.717, 1.165) is 11.8 Å². The van der Waals surface area contributed by atoms with Gasteiger partial charge in [-0.1, -0.05) is 23.7 Å². The molecule has 1 heterocycles. The average Bonchev–Trinajstić information content (AvgIpc) is 2.97. The van der Waals surface area contributed by atoms with Crippen molar-refractivity contribution in [1.82, 2.24) is 4.90 Å². The number of benzene rings is 2. The summed E-state index contributed by atoms with van der Waals surface area (Å²) in [6, 6.07) is 12.0. The number of anilines is 1. The van der Waals surface area contributed by atoms with Crippen LogP contribution in [0.25, 0.3) is 0 Å². The van der Waals surface area contributed by atoms with E-state index in [1.165, 1.54) is 6.07 Å². The highest BCUT2D eigenvalue weighted by atomic mass is 35.5. The van der Waals surface area contributed by atoms with Crippen LogP contribution in [0.1, 0.15) is 11.1 Å². The second-order valence-electron chi connectivity index (χ2n) is 5.66. The van der Waals surface area contributed by atoms with E-state index in [-0.39, 0.29) is 5.69 Å². The smallest absolute Gasteiger partial charge is 0.272 e. The third-order valence-electron chi connectivity index (χ3n) is 3.93. The van der Waals surface area contributed by atoms with Gasteiger partial charge in [-0.15, -0.1) is 0 Å². The quantitative estimate of drug-likeness (QED) is 0.465. The number of nitrogens with zero attached hydrogens (tertiary/aromatic N) is 4. The summed E-state index contributed by atoms with van der Waals surface area (Å²) in [7, 11) is 0. The van der Waals surface area contributed by atoms with Crippen LogP contribution in [0.5, 0.6) is 0 Å². The predicted octanol–water partition coefficient (Wildman–Crippen LogP) is 3.35. The SMILES string of the molecule is Cc1cc(CN2C=NN(c3cccc(Cl)c3)C2C=O)ccc1[N+](=O)[O-]. The molecule has 2 aromatic rings. The summed E-state index contributed by atoms with van der Waals surface area (Å²) in [4.78, 5) is 23.9. The number of hydrazone groups is 1. The molecule has 0 aliphatic carbocycles. The van der Waals surface area contributed by atoms with E-state index in [9.17, 15) is 14.9 Å². The van der Waals surface area contributed by atoms with Gasteiger partial charge < -0.3 is 4.90 Å². The maximum absolute atomic E-state index is 11.6. The average molecular weight is 359 g/mol. The fourth-order valence-electron chi connectivity index (χ4n) is 2.74. The zero-order chi connectivity index (χ0) is 18.0. The molecule has 0 saturated heterocycles. The molecule has 1 aliphatic heterocycles. The molecule has 128 valence electrons. The molecule has 0 spiro atoms. The third kappa shape index (κ3) is 3.46. The molecule has 0 amide bonds. The van der Waals surface area contributed by atoms with E-state index < -0.39 is 11.1 Å². The normalized spacial score (nSPS) is 16.3. The van der Waals surface area contributed by atoms with E-state index in [0.29, 0.717) is 22.8 Å². The first-order valence-electron chi connectivity index (χ1n) is 7.53. The molecule has 25 heavy (non-hydrogen) atoms. The van der Waals surface area contributed by atoms with Crippen LogP contribution in [0, 0.1) is 17.0 Å². The first-order chi connectivity index (χ1) is 12.0. The molecule has 1 atom stereocenters. The fourth-order valence-corrected chi connectivity index (χ4v) is 2.92. The summed E-state index contributed by atoms with van der Waals surface area (Å²) in [6.07, 6.45) is 1.78. The van der Waals surface area contributed by atoms with Crippen LogP contribution < -0.4 is 5.01 Å². The van der Waals surface area contributed by atoms with Gasteiger partial charge in [-0.25, -0.2) is 5.01 Å². The Morgan fingerprint density at radius 1 is 1.32 bits per heavy atom. The van der Waals surface area contributed by atoms with Crippen LogP contribution in [0.2, 0.25) is 5.02 Å². The monoisotopic (exact) mass is 358 g/mol. The predicted molar refractivity (Wildman–Crippen MR) is 95.7 cm³/mol. The highest BCUT2D eigenvalue weighted by molar-refractivity contribution is 6.30. The van der Waals surface area contributed by atoms with Gasteiger partial charge in [-0.3, -0.25) is 14.9 Å². The van der Waals surface area contributed by atoms with Crippen LogP contribution >= 0.6 is 11.6 Å². The standard InChI is InChI=1S/C17H15ClN4O3/c1-12-7-13(5-6-16(12)22(24)25)9-20-11-19-21(17(20)10-23)15-4-2-3-14(18)8-15/h2-8,10-11,17H,9H2,1H3. The molecule has 3 rings (SSSR count). The Labute approximate surface area is 149 Å². The van der Waals surface area contributed by atoms with E-state index >= 15 is 0 Å². The molecule has 0 aromatic heterocycles. The van der Waals surface area contributed by atoms with E-state index in [4.69, 9.17) is 11.6 Å². The number of nitro groups is 1. The Hall–Kier alpha value is -2.93. The van der Waals surface area contributed by atoms with Crippen molar-refractivity contribution >= 4 is 35.6 Å². The van der Waals surface area contributed by atoms with Crippen molar-refractivity contribution in [3.63, 3.8) is 0 Å². The molecular formula is C17H15ClN4O3. The zero-order valence-corrected chi connectivity index (χ0v) is 14.1. The van der Waals surface area contributed by atoms with Crippen LogP contribution in [0.3, 0.4) is 0 Å². The number of nitro benzene ring substituents is 1. The van der Waals surface area contributed by atoms with E-state index in [2.05, 4.69) is 5.10 Å². The summed E-state index contributed by atoms with van der Waals surface area (Å²) in [5, 5.41) is 17.3. The first kappa shape index (κ1) is 16.9. The lowest BCUT2D eigenvalue weighted by molar-refractivity contribution is -0.385. The summed E-state index contributed by atoms with van der Waals surface area (Å²) < 4.78 is 0. The lowest BCUT2D eigenvalue weighted by atomic mass is 10.1. The molecule has 0 radical (unpaired) electrons. The van der Waals surface area contributed by atoms with Gasteiger partial charge in [-0.2, -0.15) is 5.10 Å². The summed E-state index contributed by atoms with van der Waals surface area (Å²) in [5.74, 6) is 0. The van der Waals surface area contributed by atoms with E-state index in [1.807, 2.05) is 6.07 Å². The van der Waals surface area contributed by atoms with Gasteiger partial charge in [0.05, 0.1) is 10.6 Å². The minimum atomic E-state index is -0.603. The zero-order valence-electron chi connectivity index (χ0n) is 13.4. The maximum Gasteiger partial charge on any atom is 0.272 e. The van der Waals surface area contributed by atoms with Crippen LogP contribution in [0.15, 0.2) is 47.6 Å². The van der Waals surface area contributed by atoms with Crippen molar-refractivity contribution in [3.8, 4) is 0 Å². The summed E-state index contributed by atoms with van der Waals surface area (Å²) in [5.41, 5.74) is 2.22. The van der Waals surface area contributed by atoms with Crippen molar-refractivity contribution in [2.24, 2.45) is 5.10 Å². The molecule has 0 bridgehead atoms. The lowest BCUT2D eigenvalue weighted by Gasteiger charge is -2.26. The Balaban J connectivity index is 1.80. The van der Waals surface area contributed by atoms with Crippen LogP contribution in [-0.2, 0) is 11.3 Å². The van der Waals surface area contributed by atoms with Crippen molar-refractivity contribution in [1.29, 1.82) is 0 Å². The maximum atomic E-state index is 11.6. The largest absolute Gasteiger partial charge is 0.329 e. The summed E-state index contributed by atoms with van der Waals surface area (Å²) in [6.45, 7) is 2.10. The number of hydrogen-bond acceptors (Lipinski definition) is 6. The number of halogens is 1. The van der Waals surface area contributed by atoms with Gasteiger partial charge in [0.25, 0.3) is 5.69 Å². The van der Waals surface area contributed by atoms with Gasteiger partial charge >= 0.3 is 0 Å². The third-order valence-corrected chi connectivity index (χ3v) is 4.17. The second kappa shape index (κ2) is 6.90. The molecule has 1 unspecified atom stereocenters. The lowest BCUT2D eigenvalue weighted by Crippen LogP contribution is -2.40. The van der Waals surface area contributed by atoms with Crippen LogP contribution in [-0.4, -0.2) is 28.6 Å². The van der Waals surface area contributed by atoms with Gasteiger partial charge in [0.15, 0.2) is 12.5 Å². The second-order valence-corrected chi connectivity index (χ2v) is 6.09. The van der Waals surface area contributed by atoms with Gasteiger partial charge in [0, 0.05) is 23.2 Å². The fraction of sp³-hybridized carbons (Fsp3) is 0.176. The molecule has 0 N–H and O–H groups in total. The summed E-state index contributed by atoms with van der Waals surface area (Å²) >= 11 is 6.00. The van der Waals surface area contributed by atoms with E-state index in [1.54, 1.807) is 53.5 Å². The van der Waals surface area contributed by atoms with Gasteiger partial charge in [-0.05, 0) is 36.8 Å². The molecule has 0 fully saturated rings. The first-order valence-corrected chi connectivity index (χ1v) is 7.91. The Morgan fingerprint density at radius 3 is 2.76 bits per heavy atom. The van der Waals surface area contributed by atoms with Crippen molar-refractivity contribution in [2.45, 2.75) is 19.6 Å². The van der Waals surface area contributed by atoms with Gasteiger partial charge in [0.1, 0.15) is 6.34 Å². The van der Waals surface area contributed by atoms with Crippen molar-refractivity contribution < 1.29 is 9.72 Å². The highest BCUT2D eigenvalue weighted by Gasteiger charge is 2.29. The number of aldehydes is 1. The number of aryl methyl sites for hydroxylation is 1. The topological polar surface area (TPSA) is 79.0 Å². The Bertz CT molecular complexity index is 856. The Morgan fingerprint density at radius 2 is 2.12 bits per heavy atom. The Kier molecular flexibility index (Phi) is 4.67. The molecule has 8 heteroatoms. The number of carbonyl (C=O) groups is 1. The highest BCUT2D eigenvalue weighted by Crippen LogP contribution is 2.26. The van der Waals surface area contributed by atoms with Crippen LogP contribution in [0.4, 0.5) is 11.4 Å². The molecule has 1 aliphatic rings. The minimum absolute atomic E-state index is 0.0753. The van der Waals surface area contributed by atoms with Crippen molar-refractivity contribution in [3.05, 3.63) is 68.7 Å².